The Hall–Kier alpha value is -1.81. The number of pyridine rings is 1. The van der Waals surface area contributed by atoms with Crippen LogP contribution in [0.25, 0.3) is 10.9 Å². The van der Waals surface area contributed by atoms with Crippen molar-refractivity contribution in [2.24, 2.45) is 5.73 Å². The molecule has 2 N–H and O–H groups in total. The van der Waals surface area contributed by atoms with Crippen molar-refractivity contribution < 1.29 is 9.53 Å². The number of hydrogen-bond acceptors (Lipinski definition) is 3. The van der Waals surface area contributed by atoms with E-state index in [0.29, 0.717) is 16.7 Å². The van der Waals surface area contributed by atoms with Crippen molar-refractivity contribution >= 4 is 28.4 Å². The van der Waals surface area contributed by atoms with Crippen LogP contribution in [-0.4, -0.2) is 18.0 Å². The first kappa shape index (κ1) is 10.7. The Morgan fingerprint density at radius 1 is 1.56 bits per heavy atom. The molecule has 5 heteroatoms. The summed E-state index contributed by atoms with van der Waals surface area (Å²) >= 11 is 5.83. The highest BCUT2D eigenvalue weighted by molar-refractivity contribution is 6.34. The molecule has 0 atom stereocenters. The van der Waals surface area contributed by atoms with Gasteiger partial charge in [-0.2, -0.15) is 0 Å². The normalized spacial score (nSPS) is 10.4. The van der Waals surface area contributed by atoms with E-state index in [9.17, 15) is 4.79 Å². The fourth-order valence-electron chi connectivity index (χ4n) is 1.35. The summed E-state index contributed by atoms with van der Waals surface area (Å²) in [4.78, 5) is 15.1. The summed E-state index contributed by atoms with van der Waals surface area (Å²) in [7, 11) is 1.56. The lowest BCUT2D eigenvalue weighted by Crippen LogP contribution is -2.13. The Labute approximate surface area is 97.0 Å². The Morgan fingerprint density at radius 2 is 2.31 bits per heavy atom. The lowest BCUT2D eigenvalue weighted by molar-refractivity contribution is 0.0996. The zero-order valence-electron chi connectivity index (χ0n) is 8.45. The van der Waals surface area contributed by atoms with Crippen LogP contribution in [0.15, 0.2) is 18.2 Å². The van der Waals surface area contributed by atoms with Crippen molar-refractivity contribution in [2.45, 2.75) is 0 Å². The lowest BCUT2D eigenvalue weighted by Gasteiger charge is -2.04. The van der Waals surface area contributed by atoms with Gasteiger partial charge in [-0.3, -0.25) is 4.79 Å². The zero-order valence-corrected chi connectivity index (χ0v) is 9.21. The van der Waals surface area contributed by atoms with Gasteiger partial charge in [-0.15, -0.1) is 0 Å². The standard InChI is InChI=1S/C11H8ClN2O2/c1-16-7-2-3-9-6(4-7)5-8(12)10(14-9)11(13)15/h2-4H,1H3,(H2,13,15). The molecule has 16 heavy (non-hydrogen) atoms. The maximum absolute atomic E-state index is 11.0. The van der Waals surface area contributed by atoms with E-state index in [1.165, 1.54) is 0 Å². The van der Waals surface area contributed by atoms with E-state index in [-0.39, 0.29) is 10.7 Å². The summed E-state index contributed by atoms with van der Waals surface area (Å²) in [5.41, 5.74) is 5.75. The number of rotatable bonds is 2. The van der Waals surface area contributed by atoms with E-state index in [1.54, 1.807) is 25.3 Å². The molecule has 0 aliphatic heterocycles. The SMILES string of the molecule is COc1ccc2nc(C(N)=O)c(Cl)[c]c2c1. The molecule has 4 nitrogen and oxygen atoms in total. The first-order chi connectivity index (χ1) is 7.61. The molecule has 1 heterocycles. The van der Waals surface area contributed by atoms with Crippen molar-refractivity contribution in [3.63, 3.8) is 0 Å². The molecule has 2 rings (SSSR count). The van der Waals surface area contributed by atoms with Gasteiger partial charge in [0.25, 0.3) is 5.91 Å². The molecule has 0 aliphatic rings. The van der Waals surface area contributed by atoms with Crippen LogP contribution in [0.4, 0.5) is 0 Å². The second kappa shape index (κ2) is 3.98. The van der Waals surface area contributed by atoms with Crippen molar-refractivity contribution in [1.29, 1.82) is 0 Å². The summed E-state index contributed by atoms with van der Waals surface area (Å²) in [6.07, 6.45) is 0. The number of benzene rings is 1. The summed E-state index contributed by atoms with van der Waals surface area (Å²) in [5.74, 6) is 0.00686. The van der Waals surface area contributed by atoms with E-state index >= 15 is 0 Å². The van der Waals surface area contributed by atoms with Crippen LogP contribution in [-0.2, 0) is 0 Å². The summed E-state index contributed by atoms with van der Waals surface area (Å²) in [5, 5.41) is 0.794. The quantitative estimate of drug-likeness (QED) is 0.863. The molecule has 0 unspecified atom stereocenters. The van der Waals surface area contributed by atoms with Crippen LogP contribution >= 0.6 is 11.6 Å². The van der Waals surface area contributed by atoms with Gasteiger partial charge in [0.05, 0.1) is 17.6 Å². The maximum atomic E-state index is 11.0. The first-order valence-corrected chi connectivity index (χ1v) is 4.86. The van der Waals surface area contributed by atoms with Crippen LogP contribution in [0.3, 0.4) is 0 Å². The number of nitrogens with zero attached hydrogens (tertiary/aromatic N) is 1. The number of nitrogens with two attached hydrogens (primary N) is 1. The topological polar surface area (TPSA) is 65.2 Å². The second-order valence-corrected chi connectivity index (χ2v) is 3.52. The van der Waals surface area contributed by atoms with E-state index in [0.717, 1.165) is 0 Å². The molecule has 2 aromatic rings. The van der Waals surface area contributed by atoms with Gasteiger partial charge in [0, 0.05) is 11.5 Å². The lowest BCUT2D eigenvalue weighted by atomic mass is 10.2. The van der Waals surface area contributed by atoms with Gasteiger partial charge in [-0.05, 0) is 18.2 Å². The van der Waals surface area contributed by atoms with Gasteiger partial charge in [0.1, 0.15) is 11.4 Å². The van der Waals surface area contributed by atoms with Gasteiger partial charge in [0.15, 0.2) is 0 Å². The molecule has 1 aromatic heterocycles. The van der Waals surface area contributed by atoms with Crippen molar-refractivity contribution in [1.82, 2.24) is 4.98 Å². The summed E-state index contributed by atoms with van der Waals surface area (Å²) < 4.78 is 5.06. The van der Waals surface area contributed by atoms with E-state index in [4.69, 9.17) is 22.1 Å². The van der Waals surface area contributed by atoms with Crippen molar-refractivity contribution in [2.75, 3.05) is 7.11 Å². The van der Waals surface area contributed by atoms with Gasteiger partial charge >= 0.3 is 0 Å². The molecular formula is C11H8ClN2O2. The fourth-order valence-corrected chi connectivity index (χ4v) is 1.59. The largest absolute Gasteiger partial charge is 0.497 e. The minimum absolute atomic E-state index is 0.0272. The zero-order chi connectivity index (χ0) is 11.7. The van der Waals surface area contributed by atoms with Crippen LogP contribution in [0, 0.1) is 6.07 Å². The minimum Gasteiger partial charge on any atom is -0.497 e. The Balaban J connectivity index is 2.68. The van der Waals surface area contributed by atoms with Crippen LogP contribution in [0.5, 0.6) is 5.75 Å². The number of aromatic nitrogens is 1. The number of fused-ring (bicyclic) bond motifs is 1. The second-order valence-electron chi connectivity index (χ2n) is 3.15. The molecule has 1 radical (unpaired) electrons. The Kier molecular flexibility index (Phi) is 2.66. The van der Waals surface area contributed by atoms with Gasteiger partial charge in [-0.25, -0.2) is 4.98 Å². The molecule has 1 aromatic carbocycles. The monoisotopic (exact) mass is 235 g/mol. The van der Waals surface area contributed by atoms with Crippen LogP contribution in [0.2, 0.25) is 5.02 Å². The minimum atomic E-state index is -0.668. The Bertz CT molecular complexity index is 569. The molecular weight excluding hydrogens is 228 g/mol. The fraction of sp³-hybridized carbons (Fsp3) is 0.0909. The van der Waals surface area contributed by atoms with Gasteiger partial charge < -0.3 is 10.5 Å². The van der Waals surface area contributed by atoms with Crippen molar-refractivity contribution in [3.05, 3.63) is 35.0 Å². The third-order valence-electron chi connectivity index (χ3n) is 2.12. The smallest absolute Gasteiger partial charge is 0.268 e. The van der Waals surface area contributed by atoms with E-state index < -0.39 is 5.91 Å². The highest BCUT2D eigenvalue weighted by Gasteiger charge is 2.10. The van der Waals surface area contributed by atoms with Gasteiger partial charge in [0.2, 0.25) is 0 Å². The average Bonchev–Trinajstić information content (AvgIpc) is 2.27. The number of ether oxygens (including phenoxy) is 1. The molecule has 1 amide bonds. The predicted molar refractivity (Wildman–Crippen MR) is 60.7 cm³/mol. The molecule has 0 bridgehead atoms. The number of methoxy groups -OCH3 is 1. The predicted octanol–water partition coefficient (Wildman–Crippen LogP) is 1.80. The van der Waals surface area contributed by atoms with Crippen LogP contribution in [0.1, 0.15) is 10.5 Å². The highest BCUT2D eigenvalue weighted by Crippen LogP contribution is 2.23. The third-order valence-corrected chi connectivity index (χ3v) is 2.40. The highest BCUT2D eigenvalue weighted by atomic mass is 35.5. The molecule has 0 fully saturated rings. The van der Waals surface area contributed by atoms with E-state index in [2.05, 4.69) is 11.1 Å². The number of primary amides is 1. The average molecular weight is 236 g/mol. The third kappa shape index (κ3) is 1.79. The van der Waals surface area contributed by atoms with Gasteiger partial charge in [-0.1, -0.05) is 11.6 Å². The molecule has 81 valence electrons. The Morgan fingerprint density at radius 3 is 2.94 bits per heavy atom. The summed E-state index contributed by atoms with van der Waals surface area (Å²) in [6, 6.07) is 8.03. The number of carbonyl (C=O) groups excluding carboxylic acids is 1. The van der Waals surface area contributed by atoms with E-state index in [1.807, 2.05) is 0 Å². The van der Waals surface area contributed by atoms with Crippen molar-refractivity contribution in [3.8, 4) is 5.75 Å². The summed E-state index contributed by atoms with van der Waals surface area (Å²) in [6.45, 7) is 0. The number of carbonyl (C=O) groups is 1. The molecule has 0 saturated carbocycles. The number of hydrogen-bond donors (Lipinski definition) is 1. The number of halogens is 1. The number of amides is 1. The van der Waals surface area contributed by atoms with Crippen LogP contribution < -0.4 is 10.5 Å². The molecule has 0 saturated heterocycles. The molecule has 0 spiro atoms. The first-order valence-electron chi connectivity index (χ1n) is 4.48. The maximum Gasteiger partial charge on any atom is 0.268 e. The molecule has 0 aliphatic carbocycles.